The minimum atomic E-state index is -0.0156. The highest BCUT2D eigenvalue weighted by molar-refractivity contribution is 14.1. The Labute approximate surface area is 132 Å². The molecule has 2 aromatic rings. The first-order chi connectivity index (χ1) is 9.20. The molecular weight excluding hydrogens is 425 g/mol. The van der Waals surface area contributed by atoms with E-state index in [0.717, 1.165) is 45.1 Å². The molecule has 1 aliphatic heterocycles. The molecule has 0 aromatic carbocycles. The zero-order chi connectivity index (χ0) is 13.4. The lowest BCUT2D eigenvalue weighted by molar-refractivity contribution is -0.0372. The number of hydrogen-bond acceptors (Lipinski definition) is 4. The SMILES string of the molecule is COc1nc2c(cc1Br)c(I)nn2C1CCCCO1. The summed E-state index contributed by atoms with van der Waals surface area (Å²) in [6.45, 7) is 0.788. The Morgan fingerprint density at radius 2 is 2.37 bits per heavy atom. The summed E-state index contributed by atoms with van der Waals surface area (Å²) in [5, 5.41) is 5.59. The minimum Gasteiger partial charge on any atom is -0.480 e. The Hall–Kier alpha value is -0.410. The van der Waals surface area contributed by atoms with E-state index in [1.807, 2.05) is 10.7 Å². The number of rotatable bonds is 2. The Kier molecular flexibility index (Phi) is 3.95. The Bertz CT molecular complexity index is 611. The van der Waals surface area contributed by atoms with Gasteiger partial charge in [-0.3, -0.25) is 0 Å². The van der Waals surface area contributed by atoms with E-state index in [-0.39, 0.29) is 6.23 Å². The van der Waals surface area contributed by atoms with Crippen LogP contribution in [0.3, 0.4) is 0 Å². The Morgan fingerprint density at radius 3 is 3.05 bits per heavy atom. The molecule has 3 rings (SSSR count). The van der Waals surface area contributed by atoms with Crippen molar-refractivity contribution in [1.29, 1.82) is 0 Å². The topological polar surface area (TPSA) is 49.2 Å². The Balaban J connectivity index is 2.13. The third kappa shape index (κ3) is 2.47. The quantitative estimate of drug-likeness (QED) is 0.674. The van der Waals surface area contributed by atoms with Crippen LogP contribution in [0.5, 0.6) is 5.88 Å². The van der Waals surface area contributed by atoms with Crippen molar-refractivity contribution in [2.75, 3.05) is 13.7 Å². The molecule has 0 amide bonds. The van der Waals surface area contributed by atoms with Gasteiger partial charge in [0.15, 0.2) is 11.9 Å². The van der Waals surface area contributed by atoms with E-state index >= 15 is 0 Å². The summed E-state index contributed by atoms with van der Waals surface area (Å²) < 4.78 is 14.7. The average Bonchev–Trinajstić information content (AvgIpc) is 2.76. The van der Waals surface area contributed by atoms with Gasteiger partial charge in [-0.2, -0.15) is 10.1 Å². The van der Waals surface area contributed by atoms with Crippen molar-refractivity contribution in [2.45, 2.75) is 25.5 Å². The fraction of sp³-hybridized carbons (Fsp3) is 0.500. The second-order valence-electron chi connectivity index (χ2n) is 4.41. The maximum absolute atomic E-state index is 5.79. The molecular formula is C12H13BrIN3O2. The molecule has 0 saturated carbocycles. The van der Waals surface area contributed by atoms with Gasteiger partial charge in [0.2, 0.25) is 5.88 Å². The molecule has 2 aromatic heterocycles. The van der Waals surface area contributed by atoms with Crippen molar-refractivity contribution >= 4 is 49.6 Å². The van der Waals surface area contributed by atoms with E-state index in [0.29, 0.717) is 5.88 Å². The standard InChI is InChI=1S/C12H13BrIN3O2/c1-18-12-8(13)6-7-10(14)16-17(11(7)15-12)9-4-2-3-5-19-9/h6,9H,2-5H2,1H3. The van der Waals surface area contributed by atoms with Crippen LogP contribution in [0.15, 0.2) is 10.5 Å². The van der Waals surface area contributed by atoms with E-state index < -0.39 is 0 Å². The first kappa shape index (κ1) is 13.6. The zero-order valence-corrected chi connectivity index (χ0v) is 14.1. The summed E-state index contributed by atoms with van der Waals surface area (Å²) in [6, 6.07) is 2.00. The predicted molar refractivity (Wildman–Crippen MR) is 83.3 cm³/mol. The average molecular weight is 438 g/mol. The molecule has 0 N–H and O–H groups in total. The van der Waals surface area contributed by atoms with Gasteiger partial charge in [0.1, 0.15) is 3.70 Å². The molecule has 0 bridgehead atoms. The van der Waals surface area contributed by atoms with E-state index in [9.17, 15) is 0 Å². The van der Waals surface area contributed by atoms with Crippen molar-refractivity contribution in [3.8, 4) is 5.88 Å². The van der Waals surface area contributed by atoms with Crippen LogP contribution in [0.25, 0.3) is 11.0 Å². The fourth-order valence-corrected chi connectivity index (χ4v) is 3.35. The van der Waals surface area contributed by atoms with Gasteiger partial charge in [0.25, 0.3) is 0 Å². The molecule has 1 unspecified atom stereocenters. The van der Waals surface area contributed by atoms with Gasteiger partial charge in [-0.05, 0) is 63.8 Å². The third-order valence-corrected chi connectivity index (χ3v) is 4.55. The normalized spacial score (nSPS) is 19.8. The number of hydrogen-bond donors (Lipinski definition) is 0. The van der Waals surface area contributed by atoms with Gasteiger partial charge >= 0.3 is 0 Å². The predicted octanol–water partition coefficient (Wildman–Crippen LogP) is 3.51. The van der Waals surface area contributed by atoms with Crippen molar-refractivity contribution < 1.29 is 9.47 Å². The van der Waals surface area contributed by atoms with Gasteiger partial charge in [0.05, 0.1) is 17.0 Å². The smallest absolute Gasteiger partial charge is 0.229 e. The van der Waals surface area contributed by atoms with Crippen LogP contribution < -0.4 is 4.74 Å². The molecule has 19 heavy (non-hydrogen) atoms. The summed E-state index contributed by atoms with van der Waals surface area (Å²) in [7, 11) is 1.61. The van der Waals surface area contributed by atoms with Crippen molar-refractivity contribution in [2.24, 2.45) is 0 Å². The van der Waals surface area contributed by atoms with E-state index in [1.165, 1.54) is 0 Å². The summed E-state index contributed by atoms with van der Waals surface area (Å²) >= 11 is 5.68. The molecule has 1 aliphatic rings. The summed E-state index contributed by atoms with van der Waals surface area (Å²) in [4.78, 5) is 4.54. The lowest BCUT2D eigenvalue weighted by Gasteiger charge is -2.23. The largest absolute Gasteiger partial charge is 0.480 e. The lowest BCUT2D eigenvalue weighted by Crippen LogP contribution is -2.19. The first-order valence-corrected chi connectivity index (χ1v) is 7.97. The number of methoxy groups -OCH3 is 1. The molecule has 0 spiro atoms. The molecule has 7 heteroatoms. The molecule has 0 aliphatic carbocycles. The van der Waals surface area contributed by atoms with Gasteiger partial charge in [0, 0.05) is 6.61 Å². The van der Waals surface area contributed by atoms with Crippen LogP contribution in [-0.4, -0.2) is 28.5 Å². The van der Waals surface area contributed by atoms with Crippen LogP contribution in [-0.2, 0) is 4.74 Å². The number of fused-ring (bicyclic) bond motifs is 1. The van der Waals surface area contributed by atoms with Gasteiger partial charge < -0.3 is 9.47 Å². The maximum Gasteiger partial charge on any atom is 0.229 e. The second-order valence-corrected chi connectivity index (χ2v) is 6.28. The molecule has 3 heterocycles. The number of aromatic nitrogens is 3. The summed E-state index contributed by atoms with van der Waals surface area (Å²) in [5.74, 6) is 0.570. The van der Waals surface area contributed by atoms with Gasteiger partial charge in [-0.1, -0.05) is 0 Å². The number of ether oxygens (including phenoxy) is 2. The highest BCUT2D eigenvalue weighted by Crippen LogP contribution is 2.32. The number of pyridine rings is 1. The number of nitrogens with zero attached hydrogens (tertiary/aromatic N) is 3. The molecule has 1 atom stereocenters. The van der Waals surface area contributed by atoms with Crippen LogP contribution in [0.1, 0.15) is 25.5 Å². The van der Waals surface area contributed by atoms with Crippen molar-refractivity contribution in [3.63, 3.8) is 0 Å². The monoisotopic (exact) mass is 437 g/mol. The molecule has 0 radical (unpaired) electrons. The molecule has 1 fully saturated rings. The minimum absolute atomic E-state index is 0.0156. The highest BCUT2D eigenvalue weighted by Gasteiger charge is 2.22. The van der Waals surface area contributed by atoms with Gasteiger partial charge in [-0.15, -0.1) is 0 Å². The van der Waals surface area contributed by atoms with Crippen molar-refractivity contribution in [1.82, 2.24) is 14.8 Å². The fourth-order valence-electron chi connectivity index (χ4n) is 2.25. The maximum atomic E-state index is 5.79. The van der Waals surface area contributed by atoms with Crippen LogP contribution in [0, 0.1) is 3.70 Å². The van der Waals surface area contributed by atoms with E-state index in [2.05, 4.69) is 48.6 Å². The first-order valence-electron chi connectivity index (χ1n) is 6.10. The third-order valence-electron chi connectivity index (χ3n) is 3.18. The molecule has 102 valence electrons. The van der Waals surface area contributed by atoms with E-state index in [1.54, 1.807) is 7.11 Å². The van der Waals surface area contributed by atoms with E-state index in [4.69, 9.17) is 9.47 Å². The highest BCUT2D eigenvalue weighted by atomic mass is 127. The summed E-state index contributed by atoms with van der Waals surface area (Å²) in [6.07, 6.45) is 3.25. The van der Waals surface area contributed by atoms with Gasteiger partial charge in [-0.25, -0.2) is 4.68 Å². The summed E-state index contributed by atoms with van der Waals surface area (Å²) in [5.41, 5.74) is 0.816. The molecule has 1 saturated heterocycles. The number of halogens is 2. The molecule has 5 nitrogen and oxygen atoms in total. The van der Waals surface area contributed by atoms with Crippen molar-refractivity contribution in [3.05, 3.63) is 14.2 Å². The Morgan fingerprint density at radius 1 is 1.53 bits per heavy atom. The van der Waals surface area contributed by atoms with Crippen LogP contribution in [0.4, 0.5) is 0 Å². The zero-order valence-electron chi connectivity index (χ0n) is 10.4. The second kappa shape index (κ2) is 5.53. The van der Waals surface area contributed by atoms with Crippen LogP contribution >= 0.6 is 38.5 Å². The van der Waals surface area contributed by atoms with Crippen LogP contribution in [0.2, 0.25) is 0 Å². The lowest BCUT2D eigenvalue weighted by atomic mass is 10.2.